The van der Waals surface area contributed by atoms with Crippen LogP contribution >= 0.6 is 0 Å². The second kappa shape index (κ2) is 5.88. The Bertz CT molecular complexity index is 601. The third kappa shape index (κ3) is 3.34. The summed E-state index contributed by atoms with van der Waals surface area (Å²) in [7, 11) is -3.67. The molecule has 0 heterocycles. The SMILES string of the molecule is CC(C)C(c1cccc(S(C)(=O)=O)c1[N+](=O)[O-])C(C)N. The van der Waals surface area contributed by atoms with Crippen molar-refractivity contribution in [3.8, 4) is 0 Å². The molecule has 0 amide bonds. The Morgan fingerprint density at radius 2 is 1.80 bits per heavy atom. The molecule has 2 atom stereocenters. The molecule has 0 aliphatic heterocycles. The number of rotatable bonds is 5. The first-order chi connectivity index (χ1) is 9.07. The van der Waals surface area contributed by atoms with Crippen LogP contribution in [0.1, 0.15) is 32.3 Å². The topological polar surface area (TPSA) is 103 Å². The fourth-order valence-electron chi connectivity index (χ4n) is 2.55. The number of sulfone groups is 1. The Hall–Kier alpha value is -1.47. The fourth-order valence-corrected chi connectivity index (χ4v) is 3.42. The normalized spacial score (nSPS) is 15.1. The first-order valence-electron chi connectivity index (χ1n) is 6.30. The lowest BCUT2D eigenvalue weighted by Gasteiger charge is -2.25. The molecule has 1 aromatic rings. The van der Waals surface area contributed by atoms with Crippen molar-refractivity contribution in [3.05, 3.63) is 33.9 Å². The van der Waals surface area contributed by atoms with Crippen molar-refractivity contribution >= 4 is 15.5 Å². The highest BCUT2D eigenvalue weighted by Gasteiger charge is 2.32. The van der Waals surface area contributed by atoms with Gasteiger partial charge in [0.1, 0.15) is 4.90 Å². The summed E-state index contributed by atoms with van der Waals surface area (Å²) in [6.07, 6.45) is 0.968. The van der Waals surface area contributed by atoms with Gasteiger partial charge in [-0.2, -0.15) is 0 Å². The molecular formula is C13H20N2O4S. The van der Waals surface area contributed by atoms with Crippen LogP contribution < -0.4 is 5.73 Å². The molecule has 2 N–H and O–H groups in total. The van der Waals surface area contributed by atoms with Crippen molar-refractivity contribution in [1.29, 1.82) is 0 Å². The van der Waals surface area contributed by atoms with E-state index in [1.165, 1.54) is 12.1 Å². The molecule has 2 unspecified atom stereocenters. The molecule has 6 nitrogen and oxygen atoms in total. The lowest BCUT2D eigenvalue weighted by molar-refractivity contribution is -0.388. The standard InChI is InChI=1S/C13H20N2O4S/c1-8(2)12(9(3)14)10-6-5-7-11(20(4,18)19)13(10)15(16)17/h5-9,12H,14H2,1-4H3. The predicted octanol–water partition coefficient (Wildman–Crippen LogP) is 2.09. The molecule has 7 heteroatoms. The van der Waals surface area contributed by atoms with Crippen LogP contribution in [-0.2, 0) is 9.84 Å². The molecule has 1 aromatic carbocycles. The number of nitro groups is 1. The summed E-state index contributed by atoms with van der Waals surface area (Å²) in [5.41, 5.74) is 5.95. The summed E-state index contributed by atoms with van der Waals surface area (Å²) in [6.45, 7) is 5.58. The van der Waals surface area contributed by atoms with Crippen molar-refractivity contribution < 1.29 is 13.3 Å². The van der Waals surface area contributed by atoms with Gasteiger partial charge in [0.2, 0.25) is 0 Å². The first-order valence-corrected chi connectivity index (χ1v) is 8.19. The average molecular weight is 300 g/mol. The minimum Gasteiger partial charge on any atom is -0.327 e. The van der Waals surface area contributed by atoms with Gasteiger partial charge < -0.3 is 5.73 Å². The Labute approximate surface area is 119 Å². The largest absolute Gasteiger partial charge is 0.327 e. The maximum atomic E-state index is 11.7. The van der Waals surface area contributed by atoms with Crippen LogP contribution in [-0.4, -0.2) is 25.6 Å². The van der Waals surface area contributed by atoms with E-state index in [0.717, 1.165) is 6.26 Å². The van der Waals surface area contributed by atoms with Crippen LogP contribution in [0.5, 0.6) is 0 Å². The molecule has 1 rings (SSSR count). The van der Waals surface area contributed by atoms with E-state index in [0.29, 0.717) is 5.56 Å². The highest BCUT2D eigenvalue weighted by atomic mass is 32.2. The fraction of sp³-hybridized carbons (Fsp3) is 0.538. The molecule has 0 fully saturated rings. The van der Waals surface area contributed by atoms with E-state index in [-0.39, 0.29) is 28.5 Å². The average Bonchev–Trinajstić information content (AvgIpc) is 2.26. The van der Waals surface area contributed by atoms with Crippen LogP contribution in [0.25, 0.3) is 0 Å². The van der Waals surface area contributed by atoms with Crippen LogP contribution in [0.3, 0.4) is 0 Å². The van der Waals surface area contributed by atoms with E-state index in [1.807, 2.05) is 13.8 Å². The van der Waals surface area contributed by atoms with Crippen LogP contribution in [0, 0.1) is 16.0 Å². The summed E-state index contributed by atoms with van der Waals surface area (Å²) >= 11 is 0. The smallest absolute Gasteiger partial charge is 0.291 e. The van der Waals surface area contributed by atoms with Crippen molar-refractivity contribution in [2.45, 2.75) is 37.6 Å². The van der Waals surface area contributed by atoms with Gasteiger partial charge in [0.05, 0.1) is 4.92 Å². The maximum Gasteiger partial charge on any atom is 0.291 e. The number of hydrogen-bond donors (Lipinski definition) is 1. The van der Waals surface area contributed by atoms with Gasteiger partial charge in [-0.05, 0) is 18.9 Å². The number of para-hydroxylation sites is 1. The maximum absolute atomic E-state index is 11.7. The Morgan fingerprint density at radius 1 is 1.25 bits per heavy atom. The molecule has 0 bridgehead atoms. The van der Waals surface area contributed by atoms with E-state index < -0.39 is 14.8 Å². The van der Waals surface area contributed by atoms with E-state index >= 15 is 0 Å². The Balaban J connectivity index is 3.68. The van der Waals surface area contributed by atoms with Gasteiger partial charge in [0.15, 0.2) is 9.84 Å². The zero-order valence-corrected chi connectivity index (χ0v) is 12.8. The lowest BCUT2D eigenvalue weighted by atomic mass is 9.82. The lowest BCUT2D eigenvalue weighted by Crippen LogP contribution is -2.29. The van der Waals surface area contributed by atoms with Crippen molar-refractivity contribution in [1.82, 2.24) is 0 Å². The Kier molecular flexibility index (Phi) is 4.88. The number of nitro benzene ring substituents is 1. The molecular weight excluding hydrogens is 280 g/mol. The third-order valence-corrected chi connectivity index (χ3v) is 4.38. The van der Waals surface area contributed by atoms with E-state index in [2.05, 4.69) is 0 Å². The van der Waals surface area contributed by atoms with E-state index in [1.54, 1.807) is 13.0 Å². The molecule has 0 aromatic heterocycles. The highest BCUT2D eigenvalue weighted by Crippen LogP contribution is 2.37. The van der Waals surface area contributed by atoms with Gasteiger partial charge in [-0.3, -0.25) is 10.1 Å². The molecule has 0 spiro atoms. The van der Waals surface area contributed by atoms with Gasteiger partial charge in [-0.25, -0.2) is 8.42 Å². The van der Waals surface area contributed by atoms with Crippen LogP contribution in [0.4, 0.5) is 5.69 Å². The van der Waals surface area contributed by atoms with E-state index in [4.69, 9.17) is 5.73 Å². The number of nitrogens with zero attached hydrogens (tertiary/aromatic N) is 1. The molecule has 0 saturated heterocycles. The minimum atomic E-state index is -3.67. The van der Waals surface area contributed by atoms with E-state index in [9.17, 15) is 18.5 Å². The second-order valence-corrected chi connectivity index (χ2v) is 7.34. The van der Waals surface area contributed by atoms with Crippen LogP contribution in [0.15, 0.2) is 23.1 Å². The molecule has 20 heavy (non-hydrogen) atoms. The van der Waals surface area contributed by atoms with Crippen LogP contribution in [0.2, 0.25) is 0 Å². The molecule has 112 valence electrons. The van der Waals surface area contributed by atoms with Crippen molar-refractivity contribution in [2.24, 2.45) is 11.7 Å². The zero-order valence-electron chi connectivity index (χ0n) is 12.0. The van der Waals surface area contributed by atoms with Crippen molar-refractivity contribution in [3.63, 3.8) is 0 Å². The summed E-state index contributed by atoms with van der Waals surface area (Å²) < 4.78 is 23.5. The second-order valence-electron chi connectivity index (χ2n) is 5.35. The Morgan fingerprint density at radius 3 is 2.15 bits per heavy atom. The van der Waals surface area contributed by atoms with Crippen molar-refractivity contribution in [2.75, 3.05) is 6.26 Å². The first kappa shape index (κ1) is 16.6. The number of hydrogen-bond acceptors (Lipinski definition) is 5. The third-order valence-electron chi connectivity index (χ3n) is 3.26. The van der Waals surface area contributed by atoms with Gasteiger partial charge in [0.25, 0.3) is 5.69 Å². The van der Waals surface area contributed by atoms with Gasteiger partial charge in [0, 0.05) is 23.8 Å². The summed E-state index contributed by atoms with van der Waals surface area (Å²) in [5, 5.41) is 11.3. The summed E-state index contributed by atoms with van der Waals surface area (Å²) in [6, 6.07) is 4.05. The zero-order chi connectivity index (χ0) is 15.7. The van der Waals surface area contributed by atoms with Gasteiger partial charge in [-0.1, -0.05) is 26.0 Å². The number of nitrogens with two attached hydrogens (primary N) is 1. The van der Waals surface area contributed by atoms with Gasteiger partial charge >= 0.3 is 0 Å². The molecule has 0 aliphatic rings. The minimum absolute atomic E-state index is 0.0588. The summed E-state index contributed by atoms with van der Waals surface area (Å²) in [4.78, 5) is 10.4. The molecule has 0 radical (unpaired) electrons. The monoisotopic (exact) mass is 300 g/mol. The van der Waals surface area contributed by atoms with Gasteiger partial charge in [-0.15, -0.1) is 0 Å². The predicted molar refractivity (Wildman–Crippen MR) is 77.4 cm³/mol. The number of benzene rings is 1. The molecule has 0 aliphatic carbocycles. The molecule has 0 saturated carbocycles. The highest BCUT2D eigenvalue weighted by molar-refractivity contribution is 7.90. The summed E-state index contributed by atoms with van der Waals surface area (Å²) in [5.74, 6) is -0.222. The quantitative estimate of drug-likeness (QED) is 0.662.